The van der Waals surface area contributed by atoms with E-state index in [-0.39, 0.29) is 0 Å². The second-order valence-corrected chi connectivity index (χ2v) is 5.49. The summed E-state index contributed by atoms with van der Waals surface area (Å²) in [5, 5.41) is 3.49. The van der Waals surface area contributed by atoms with Crippen molar-refractivity contribution in [2.45, 2.75) is 33.1 Å². The normalized spacial score (nSPS) is 11.7. The van der Waals surface area contributed by atoms with Crippen molar-refractivity contribution in [2.24, 2.45) is 5.92 Å². The van der Waals surface area contributed by atoms with Crippen molar-refractivity contribution in [3.63, 3.8) is 0 Å². The molecule has 0 aromatic heterocycles. The van der Waals surface area contributed by atoms with E-state index in [1.54, 1.807) is 14.2 Å². The van der Waals surface area contributed by atoms with E-state index in [9.17, 15) is 0 Å². The van der Waals surface area contributed by atoms with Gasteiger partial charge < -0.3 is 14.8 Å². The molecule has 0 heterocycles. The van der Waals surface area contributed by atoms with E-state index in [2.05, 4.69) is 24.1 Å². The summed E-state index contributed by atoms with van der Waals surface area (Å²) in [5.41, 5.74) is 0. The van der Waals surface area contributed by atoms with Gasteiger partial charge in [0.05, 0.1) is 13.2 Å². The second-order valence-electron chi connectivity index (χ2n) is 5.49. The van der Waals surface area contributed by atoms with Crippen molar-refractivity contribution >= 4 is 0 Å². The third-order valence-electron chi connectivity index (χ3n) is 3.10. The minimum Gasteiger partial charge on any atom is -0.383 e. The van der Waals surface area contributed by atoms with Gasteiger partial charge in [-0.3, -0.25) is 4.90 Å². The van der Waals surface area contributed by atoms with Crippen LogP contribution in [-0.4, -0.2) is 65.1 Å². The SMILES string of the molecule is COCCN(CCCCCNCC(C)C)CCOC. The summed E-state index contributed by atoms with van der Waals surface area (Å²) in [4.78, 5) is 2.43. The molecule has 0 rings (SSSR count). The number of ether oxygens (including phenoxy) is 2. The van der Waals surface area contributed by atoms with Crippen molar-refractivity contribution < 1.29 is 9.47 Å². The molecule has 0 radical (unpaired) electrons. The molecule has 0 aliphatic heterocycles. The zero-order chi connectivity index (χ0) is 14.3. The van der Waals surface area contributed by atoms with E-state index >= 15 is 0 Å². The van der Waals surface area contributed by atoms with Gasteiger partial charge in [-0.2, -0.15) is 0 Å². The zero-order valence-electron chi connectivity index (χ0n) is 13.4. The van der Waals surface area contributed by atoms with Crippen LogP contribution in [0.15, 0.2) is 0 Å². The maximum Gasteiger partial charge on any atom is 0.0589 e. The van der Waals surface area contributed by atoms with Crippen LogP contribution in [0.25, 0.3) is 0 Å². The second kappa shape index (κ2) is 14.3. The largest absolute Gasteiger partial charge is 0.383 e. The standard InChI is InChI=1S/C15H34N2O2/c1-15(2)14-16-8-6-5-7-9-17(10-12-18-3)11-13-19-4/h15-16H,5-14H2,1-4H3. The lowest BCUT2D eigenvalue weighted by Crippen LogP contribution is -2.31. The zero-order valence-corrected chi connectivity index (χ0v) is 13.4. The van der Waals surface area contributed by atoms with Crippen LogP contribution in [0.3, 0.4) is 0 Å². The third kappa shape index (κ3) is 14.1. The molecule has 1 N–H and O–H groups in total. The van der Waals surface area contributed by atoms with Crippen molar-refractivity contribution in [1.82, 2.24) is 10.2 Å². The predicted octanol–water partition coefficient (Wildman–Crippen LogP) is 2.00. The monoisotopic (exact) mass is 274 g/mol. The van der Waals surface area contributed by atoms with Gasteiger partial charge in [-0.25, -0.2) is 0 Å². The lowest BCUT2D eigenvalue weighted by atomic mass is 10.2. The van der Waals surface area contributed by atoms with Crippen molar-refractivity contribution in [3.8, 4) is 0 Å². The molecule has 116 valence electrons. The van der Waals surface area contributed by atoms with Gasteiger partial charge in [-0.1, -0.05) is 20.3 Å². The van der Waals surface area contributed by atoms with E-state index in [0.717, 1.165) is 51.9 Å². The number of rotatable bonds is 14. The molecule has 0 saturated carbocycles. The van der Waals surface area contributed by atoms with Crippen LogP contribution in [-0.2, 0) is 9.47 Å². The van der Waals surface area contributed by atoms with E-state index in [1.807, 2.05) is 0 Å². The highest BCUT2D eigenvalue weighted by Crippen LogP contribution is 1.99. The molecule has 0 saturated heterocycles. The van der Waals surface area contributed by atoms with Crippen LogP contribution in [0, 0.1) is 5.92 Å². The molecule has 0 amide bonds. The number of methoxy groups -OCH3 is 2. The Morgan fingerprint density at radius 1 is 0.895 bits per heavy atom. The third-order valence-corrected chi connectivity index (χ3v) is 3.10. The Balaban J connectivity index is 3.45. The molecule has 4 heteroatoms. The number of nitrogens with zero attached hydrogens (tertiary/aromatic N) is 1. The van der Waals surface area contributed by atoms with Crippen molar-refractivity contribution in [3.05, 3.63) is 0 Å². The van der Waals surface area contributed by atoms with Gasteiger partial charge in [-0.15, -0.1) is 0 Å². The van der Waals surface area contributed by atoms with Gasteiger partial charge in [-0.05, 0) is 38.4 Å². The van der Waals surface area contributed by atoms with Crippen LogP contribution in [0.1, 0.15) is 33.1 Å². The quantitative estimate of drug-likeness (QED) is 0.491. The minimum atomic E-state index is 0.749. The Morgan fingerprint density at radius 3 is 2.05 bits per heavy atom. The van der Waals surface area contributed by atoms with Gasteiger partial charge in [0.25, 0.3) is 0 Å². The van der Waals surface area contributed by atoms with Gasteiger partial charge in [0.1, 0.15) is 0 Å². The van der Waals surface area contributed by atoms with E-state index in [4.69, 9.17) is 9.47 Å². The summed E-state index contributed by atoms with van der Waals surface area (Å²) in [6.07, 6.45) is 3.83. The fourth-order valence-electron chi connectivity index (χ4n) is 1.93. The van der Waals surface area contributed by atoms with E-state index < -0.39 is 0 Å². The average molecular weight is 274 g/mol. The summed E-state index contributed by atoms with van der Waals surface area (Å²) >= 11 is 0. The highest BCUT2D eigenvalue weighted by molar-refractivity contribution is 4.58. The Morgan fingerprint density at radius 2 is 1.53 bits per heavy atom. The summed E-state index contributed by atoms with van der Waals surface area (Å²) < 4.78 is 10.3. The molecule has 0 aromatic carbocycles. The smallest absolute Gasteiger partial charge is 0.0589 e. The Bertz CT molecular complexity index is 170. The van der Waals surface area contributed by atoms with Crippen LogP contribution >= 0.6 is 0 Å². The molecule has 0 aliphatic carbocycles. The molecule has 0 spiro atoms. The summed E-state index contributed by atoms with van der Waals surface area (Å²) in [6, 6.07) is 0. The molecular formula is C15H34N2O2. The molecule has 19 heavy (non-hydrogen) atoms. The van der Waals surface area contributed by atoms with Crippen LogP contribution in [0.2, 0.25) is 0 Å². The molecule has 0 aromatic rings. The number of hydrogen-bond donors (Lipinski definition) is 1. The molecule has 0 atom stereocenters. The number of hydrogen-bond acceptors (Lipinski definition) is 4. The summed E-state index contributed by atoms with van der Waals surface area (Å²) in [6.45, 7) is 11.5. The fourth-order valence-corrected chi connectivity index (χ4v) is 1.93. The maximum absolute atomic E-state index is 5.14. The van der Waals surface area contributed by atoms with Gasteiger partial charge in [0.15, 0.2) is 0 Å². The summed E-state index contributed by atoms with van der Waals surface area (Å²) in [7, 11) is 3.52. The van der Waals surface area contributed by atoms with E-state index in [0.29, 0.717) is 0 Å². The molecular weight excluding hydrogens is 240 g/mol. The first-order valence-electron chi connectivity index (χ1n) is 7.61. The lowest BCUT2D eigenvalue weighted by Gasteiger charge is -2.21. The lowest BCUT2D eigenvalue weighted by molar-refractivity contribution is 0.113. The van der Waals surface area contributed by atoms with Crippen molar-refractivity contribution in [2.75, 3.05) is 60.2 Å². The molecule has 0 unspecified atom stereocenters. The van der Waals surface area contributed by atoms with Gasteiger partial charge >= 0.3 is 0 Å². The molecule has 0 bridgehead atoms. The van der Waals surface area contributed by atoms with E-state index in [1.165, 1.54) is 19.3 Å². The summed E-state index contributed by atoms with van der Waals surface area (Å²) in [5.74, 6) is 0.749. The molecule has 0 fully saturated rings. The predicted molar refractivity (Wildman–Crippen MR) is 81.8 cm³/mol. The van der Waals surface area contributed by atoms with Crippen LogP contribution in [0.4, 0.5) is 0 Å². The highest BCUT2D eigenvalue weighted by atomic mass is 16.5. The topological polar surface area (TPSA) is 33.7 Å². The van der Waals surface area contributed by atoms with Crippen LogP contribution < -0.4 is 5.32 Å². The molecule has 4 nitrogen and oxygen atoms in total. The average Bonchev–Trinajstić information content (AvgIpc) is 2.39. The van der Waals surface area contributed by atoms with Gasteiger partial charge in [0.2, 0.25) is 0 Å². The first kappa shape index (κ1) is 18.8. The first-order chi connectivity index (χ1) is 9.20. The minimum absolute atomic E-state index is 0.749. The Kier molecular flexibility index (Phi) is 14.1. The Labute approximate surface area is 119 Å². The highest BCUT2D eigenvalue weighted by Gasteiger charge is 2.03. The fraction of sp³-hybridized carbons (Fsp3) is 1.00. The molecule has 0 aliphatic rings. The van der Waals surface area contributed by atoms with Crippen molar-refractivity contribution in [1.29, 1.82) is 0 Å². The maximum atomic E-state index is 5.14. The first-order valence-corrected chi connectivity index (χ1v) is 7.61. The number of unbranched alkanes of at least 4 members (excludes halogenated alkanes) is 2. The van der Waals surface area contributed by atoms with Gasteiger partial charge in [0, 0.05) is 27.3 Å². The number of nitrogens with one attached hydrogen (secondary N) is 1. The van der Waals surface area contributed by atoms with Crippen LogP contribution in [0.5, 0.6) is 0 Å². The Hall–Kier alpha value is -0.160.